The second kappa shape index (κ2) is 70.3. The SMILES string of the molecule is CC(=O)N1CCCCC1.CC(=O)N1CCCCC1.CC(C)(C)C#N.CC(C)(C)C#N.CC(N)=O.CC(N)=O.CC=CC.CN=NC.CNNC.COC(=O)C(C)(C)C#N.COC(=O)C(C)(C)C#N.Cc1ccc(N)cc1.Cc1ccc(N)cc1.Cc1ccccc1.Cc1ccccc1. The molecule has 0 aliphatic carbocycles. The van der Waals surface area contributed by atoms with Gasteiger partial charge < -0.3 is 42.2 Å². The maximum absolute atomic E-state index is 10.7. The van der Waals surface area contributed by atoms with E-state index in [2.05, 4.69) is 92.3 Å². The van der Waals surface area contributed by atoms with Gasteiger partial charge in [0.05, 0.1) is 38.5 Å². The van der Waals surface area contributed by atoms with Crippen molar-refractivity contribution >= 4 is 46.9 Å². The number of carbonyl (C=O) groups excluding carboxylic acids is 6. The van der Waals surface area contributed by atoms with Gasteiger partial charge in [-0.15, -0.1) is 0 Å². The number of hydrogen-bond donors (Lipinski definition) is 6. The zero-order chi connectivity index (χ0) is 78.4. The number of ether oxygens (including phenoxy) is 2. The summed E-state index contributed by atoms with van der Waals surface area (Å²) in [5.74, 6) is -1.19. The van der Waals surface area contributed by atoms with Gasteiger partial charge in [-0.2, -0.15) is 31.3 Å². The highest BCUT2D eigenvalue weighted by Crippen LogP contribution is 2.15. The number of azo groups is 1. The van der Waals surface area contributed by atoms with Crippen molar-refractivity contribution in [3.05, 3.63) is 144 Å². The number of esters is 2. The number of likely N-dealkylation sites (tertiary alicyclic amines) is 2. The minimum atomic E-state index is -1.01. The van der Waals surface area contributed by atoms with Crippen molar-refractivity contribution < 1.29 is 38.2 Å². The molecule has 0 aromatic heterocycles. The van der Waals surface area contributed by atoms with E-state index in [1.54, 1.807) is 27.9 Å². The number of rotatable bonds is 3. The normalized spacial score (nSPS) is 11.1. The van der Waals surface area contributed by atoms with Crippen LogP contribution in [0.15, 0.2) is 132 Å². The van der Waals surface area contributed by atoms with E-state index in [0.29, 0.717) is 0 Å². The first-order valence-electron chi connectivity index (χ1n) is 32.0. The summed E-state index contributed by atoms with van der Waals surface area (Å²) in [5.41, 5.74) is 29.6. The maximum Gasteiger partial charge on any atom is 0.325 e. The van der Waals surface area contributed by atoms with Gasteiger partial charge in [0.15, 0.2) is 0 Å². The second-order valence-electron chi connectivity index (χ2n) is 24.2. The van der Waals surface area contributed by atoms with E-state index in [0.717, 1.165) is 37.6 Å². The molecule has 22 heteroatoms. The Morgan fingerprint density at radius 3 is 0.735 bits per heavy atom. The van der Waals surface area contributed by atoms with Crippen LogP contribution in [0, 0.1) is 94.7 Å². The molecule has 4 aromatic carbocycles. The number of nitriles is 4. The molecule has 0 saturated carbocycles. The molecule has 2 aliphatic heterocycles. The molecule has 0 unspecified atom stereocenters. The molecule has 98 heavy (non-hydrogen) atoms. The Morgan fingerprint density at radius 1 is 0.439 bits per heavy atom. The smallest absolute Gasteiger partial charge is 0.325 e. The number of benzene rings is 4. The lowest BCUT2D eigenvalue weighted by Crippen LogP contribution is -2.33. The van der Waals surface area contributed by atoms with Crippen molar-refractivity contribution in [3.63, 3.8) is 0 Å². The van der Waals surface area contributed by atoms with Gasteiger partial charge in [-0.1, -0.05) is 119 Å². The Labute approximate surface area is 592 Å². The lowest BCUT2D eigenvalue weighted by Gasteiger charge is -2.24. The van der Waals surface area contributed by atoms with Gasteiger partial charge in [0.1, 0.15) is 10.8 Å². The molecule has 0 bridgehead atoms. The van der Waals surface area contributed by atoms with E-state index in [-0.39, 0.29) is 34.5 Å². The molecule has 0 atom stereocenters. The van der Waals surface area contributed by atoms with E-state index >= 15 is 0 Å². The number of nitrogens with zero attached hydrogens (tertiary/aromatic N) is 8. The quantitative estimate of drug-likeness (QED) is 0.0365. The molecular weight excluding hydrogens is 1240 g/mol. The Hall–Kier alpha value is -9.48. The summed E-state index contributed by atoms with van der Waals surface area (Å²) < 4.78 is 8.69. The van der Waals surface area contributed by atoms with Crippen molar-refractivity contribution in [1.82, 2.24) is 20.7 Å². The molecule has 4 amide bonds. The number of hydrazine groups is 1. The third-order valence-corrected chi connectivity index (χ3v) is 11.0. The summed E-state index contributed by atoms with van der Waals surface area (Å²) in [6.45, 7) is 39.4. The number of allylic oxidation sites excluding steroid dienone is 2. The third kappa shape index (κ3) is 95.2. The maximum atomic E-state index is 10.7. The summed E-state index contributed by atoms with van der Waals surface area (Å²) >= 11 is 0. The molecule has 2 saturated heterocycles. The van der Waals surface area contributed by atoms with E-state index in [9.17, 15) is 28.8 Å². The van der Waals surface area contributed by atoms with Crippen LogP contribution < -0.4 is 33.8 Å². The van der Waals surface area contributed by atoms with E-state index in [1.807, 2.05) is 202 Å². The predicted molar refractivity (Wildman–Crippen MR) is 404 cm³/mol. The summed E-state index contributed by atoms with van der Waals surface area (Å²) in [6.07, 6.45) is 11.4. The van der Waals surface area contributed by atoms with Crippen LogP contribution in [-0.4, -0.2) is 114 Å². The number of carbonyl (C=O) groups is 6. The highest BCUT2D eigenvalue weighted by Gasteiger charge is 2.28. The predicted octanol–water partition coefficient (Wildman–Crippen LogP) is 14.3. The van der Waals surface area contributed by atoms with Crippen LogP contribution in [0.1, 0.15) is 172 Å². The second-order valence-corrected chi connectivity index (χ2v) is 24.2. The van der Waals surface area contributed by atoms with Gasteiger partial charge in [-0.3, -0.25) is 39.6 Å². The molecule has 2 heterocycles. The number of piperidine rings is 2. The van der Waals surface area contributed by atoms with Crippen LogP contribution in [0.25, 0.3) is 0 Å². The number of aryl methyl sites for hydroxylation is 4. The molecule has 0 spiro atoms. The molecule has 0 radical (unpaired) electrons. The topological polar surface area (TPSA) is 375 Å². The number of nitrogens with two attached hydrogens (primary N) is 4. The minimum absolute atomic E-state index is 0.153. The highest BCUT2D eigenvalue weighted by atomic mass is 16.5. The standard InChI is InChI=1S/2C7H13NO.2C7H9N.2C7H8.2C6H9NO2.2C5H9N.C4H8.C2H8N2.C2H6N2.2C2H5NO/c2*1-7(9)8-5-3-2-4-6-8;2*1-6-2-4-7(8)5-3-6;2*1-7-5-3-2-4-6-7;2*1-6(2,4-7)5(8)9-3;2*1-5(2,3)4-6;3*1-3-4-2;2*1-2(3)4/h2*2-6H2,1H3;2*2-5H,8H2,1H3;2*2-6H,1H3;2*1-3H3;2*1-3H3;2*3-4H,1-2H3;1-2H3;2*1H3,(H2,3,4). The largest absolute Gasteiger partial charge is 0.468 e. The van der Waals surface area contributed by atoms with Gasteiger partial charge in [-0.05, 0) is 188 Å². The van der Waals surface area contributed by atoms with Gasteiger partial charge in [0.2, 0.25) is 23.6 Å². The summed E-state index contributed by atoms with van der Waals surface area (Å²) in [6, 6.07) is 43.9. The molecule has 4 aromatic rings. The Morgan fingerprint density at radius 2 is 0.643 bits per heavy atom. The average molecular weight is 1370 g/mol. The summed E-state index contributed by atoms with van der Waals surface area (Å²) in [5, 5.41) is 39.7. The zero-order valence-electron chi connectivity index (χ0n) is 64.8. The first-order chi connectivity index (χ1) is 45.4. The number of methoxy groups -OCH3 is 2. The minimum Gasteiger partial charge on any atom is -0.468 e. The molecule has 6 rings (SSSR count). The summed E-state index contributed by atoms with van der Waals surface area (Å²) in [4.78, 5) is 65.0. The fourth-order valence-corrected chi connectivity index (χ4v) is 5.22. The highest BCUT2D eigenvalue weighted by molar-refractivity contribution is 5.79. The number of nitrogens with one attached hydrogen (secondary N) is 2. The first kappa shape index (κ1) is 107. The van der Waals surface area contributed by atoms with Gasteiger partial charge in [0, 0.05) is 90.2 Å². The van der Waals surface area contributed by atoms with Gasteiger partial charge in [-0.25, -0.2) is 0 Å². The van der Waals surface area contributed by atoms with Gasteiger partial charge >= 0.3 is 11.9 Å². The fraction of sp³-hybridized carbons (Fsp3) is 0.526. The van der Waals surface area contributed by atoms with Crippen LogP contribution >= 0.6 is 0 Å². The van der Waals surface area contributed by atoms with E-state index in [1.165, 1.54) is 117 Å². The number of anilines is 2. The van der Waals surface area contributed by atoms with Crippen LogP contribution in [0.4, 0.5) is 11.4 Å². The summed E-state index contributed by atoms with van der Waals surface area (Å²) in [7, 11) is 9.45. The molecule has 10 N–H and O–H groups in total. The average Bonchev–Trinajstić information content (AvgIpc) is 2.39. The van der Waals surface area contributed by atoms with Crippen LogP contribution in [0.3, 0.4) is 0 Å². The van der Waals surface area contributed by atoms with E-state index in [4.69, 9.17) is 32.5 Å². The van der Waals surface area contributed by atoms with Crippen LogP contribution in [0.5, 0.6) is 0 Å². The number of nitrogen functional groups attached to an aromatic ring is 2. The third-order valence-electron chi connectivity index (χ3n) is 11.0. The van der Waals surface area contributed by atoms with Gasteiger partial charge in [0.25, 0.3) is 0 Å². The lowest BCUT2D eigenvalue weighted by molar-refractivity contribution is -0.148. The molecule has 2 aliphatic rings. The van der Waals surface area contributed by atoms with Crippen LogP contribution in [0.2, 0.25) is 0 Å². The Balaban J connectivity index is -0.000000125. The zero-order valence-corrected chi connectivity index (χ0v) is 64.8. The molecule has 2 fully saturated rings. The van der Waals surface area contributed by atoms with Crippen molar-refractivity contribution in [2.75, 3.05) is 80.1 Å². The number of amides is 4. The first-order valence-corrected chi connectivity index (χ1v) is 32.0. The van der Waals surface area contributed by atoms with Crippen molar-refractivity contribution in [1.29, 1.82) is 21.0 Å². The lowest BCUT2D eigenvalue weighted by atomic mass is 9.97. The Bertz CT molecular complexity index is 2580. The number of primary amides is 2. The van der Waals surface area contributed by atoms with E-state index < -0.39 is 22.8 Å². The van der Waals surface area contributed by atoms with Crippen LogP contribution in [-0.2, 0) is 38.2 Å². The van der Waals surface area contributed by atoms with Crippen molar-refractivity contribution in [2.24, 2.45) is 43.4 Å². The number of hydrogen-bond acceptors (Lipinski definition) is 18. The van der Waals surface area contributed by atoms with Crippen molar-refractivity contribution in [3.8, 4) is 24.3 Å². The monoisotopic (exact) mass is 1370 g/mol. The fourth-order valence-electron chi connectivity index (χ4n) is 5.22. The molecule has 550 valence electrons. The Kier molecular flexibility index (Phi) is 76.9. The molecular formula is C76H128N14O8. The van der Waals surface area contributed by atoms with Crippen molar-refractivity contribution in [2.45, 2.75) is 177 Å². The molecule has 22 nitrogen and oxygen atoms in total.